The lowest BCUT2D eigenvalue weighted by atomic mass is 9.85. The second-order valence-electron chi connectivity index (χ2n) is 18.7. The van der Waals surface area contributed by atoms with Crippen molar-refractivity contribution in [2.24, 2.45) is 5.92 Å². The van der Waals surface area contributed by atoms with Crippen molar-refractivity contribution in [2.45, 2.75) is 107 Å². The van der Waals surface area contributed by atoms with Gasteiger partial charge >= 0.3 is 0 Å². The monoisotopic (exact) mass is 939 g/mol. The van der Waals surface area contributed by atoms with E-state index < -0.39 is 27.0 Å². The maximum absolute atomic E-state index is 13.1. The summed E-state index contributed by atoms with van der Waals surface area (Å²) in [7, 11) is -3.57. The highest BCUT2D eigenvalue weighted by atomic mass is 35.5. The second kappa shape index (κ2) is 20.3. The number of benzene rings is 3. The van der Waals surface area contributed by atoms with Crippen LogP contribution < -0.4 is 30.9 Å². The molecule has 4 saturated heterocycles. The summed E-state index contributed by atoms with van der Waals surface area (Å²) in [5.41, 5.74) is 5.19. The molecule has 0 spiro atoms. The first kappa shape index (κ1) is 47.2. The molecule has 1 unspecified atom stereocenters. The van der Waals surface area contributed by atoms with Crippen LogP contribution in [-0.2, 0) is 19.4 Å². The third kappa shape index (κ3) is 10.9. The summed E-state index contributed by atoms with van der Waals surface area (Å²) in [5, 5.41) is 11.2. The van der Waals surface area contributed by atoms with Crippen LogP contribution >= 0.6 is 11.6 Å². The Morgan fingerprint density at radius 3 is 2.30 bits per heavy atom. The number of hydrogen-bond acceptors (Lipinski definition) is 13. The predicted molar refractivity (Wildman–Crippen MR) is 258 cm³/mol. The third-order valence-corrected chi connectivity index (χ3v) is 15.8. The van der Waals surface area contributed by atoms with E-state index in [-0.39, 0.29) is 40.1 Å². The van der Waals surface area contributed by atoms with Gasteiger partial charge in [0.1, 0.15) is 16.8 Å². The molecule has 0 radical (unpaired) electrons. The van der Waals surface area contributed by atoms with Crippen LogP contribution in [0.3, 0.4) is 0 Å². The van der Waals surface area contributed by atoms with E-state index in [0.29, 0.717) is 41.5 Å². The number of ether oxygens (including phenoxy) is 1. The normalized spacial score (nSPS) is 19.5. The molecule has 1 aromatic heterocycles. The number of amides is 3. The molecule has 4 aromatic rings. The summed E-state index contributed by atoms with van der Waals surface area (Å²) in [6.07, 6.45) is 6.51. The Morgan fingerprint density at radius 1 is 0.909 bits per heavy atom. The van der Waals surface area contributed by atoms with Gasteiger partial charge < -0.3 is 35.4 Å². The molecule has 0 saturated carbocycles. The lowest BCUT2D eigenvalue weighted by Gasteiger charge is -2.46. The maximum atomic E-state index is 13.1. The molecule has 4 fully saturated rings. The van der Waals surface area contributed by atoms with Crippen LogP contribution in [0, 0.1) is 12.8 Å². The molecule has 3 amide bonds. The minimum atomic E-state index is -3.57. The number of nitrogens with zero attached hydrogens (tertiary/aromatic N) is 5. The number of rotatable bonds is 15. The number of para-hydroxylation sites is 1. The van der Waals surface area contributed by atoms with Gasteiger partial charge in [-0.3, -0.25) is 19.7 Å². The third-order valence-electron chi connectivity index (χ3n) is 13.3. The topological polar surface area (TPSA) is 178 Å². The van der Waals surface area contributed by atoms with Crippen LogP contribution in [0.1, 0.15) is 93.6 Å². The van der Waals surface area contributed by atoms with E-state index in [4.69, 9.17) is 16.3 Å². The molecule has 3 aromatic carbocycles. The fourth-order valence-electron chi connectivity index (χ4n) is 9.63. The number of carbonyl (C=O) groups is 3. The van der Waals surface area contributed by atoms with Crippen LogP contribution in [0.5, 0.6) is 5.75 Å². The van der Waals surface area contributed by atoms with E-state index >= 15 is 0 Å². The summed E-state index contributed by atoms with van der Waals surface area (Å²) in [4.78, 5) is 53.2. The summed E-state index contributed by atoms with van der Waals surface area (Å²) in [5.74, 6) is 1.26. The first-order chi connectivity index (χ1) is 31.6. The lowest BCUT2D eigenvalue weighted by Crippen LogP contribution is -2.54. The van der Waals surface area contributed by atoms with Gasteiger partial charge in [-0.15, -0.1) is 0 Å². The van der Waals surface area contributed by atoms with Gasteiger partial charge in [0.05, 0.1) is 33.8 Å². The van der Waals surface area contributed by atoms with Crippen molar-refractivity contribution in [3.05, 3.63) is 88.6 Å². The molecule has 4 N–H and O–H groups in total. The number of anilines is 5. The molecule has 0 bridgehead atoms. The molecule has 1 atom stereocenters. The largest absolute Gasteiger partial charge is 0.489 e. The van der Waals surface area contributed by atoms with E-state index in [1.807, 2.05) is 26.0 Å². The lowest BCUT2D eigenvalue weighted by molar-refractivity contribution is -0.134. The molecule has 66 heavy (non-hydrogen) atoms. The van der Waals surface area contributed by atoms with Crippen molar-refractivity contribution in [2.75, 3.05) is 61.3 Å². The molecule has 352 valence electrons. The molecule has 15 nitrogen and oxygen atoms in total. The van der Waals surface area contributed by atoms with E-state index in [2.05, 4.69) is 65.0 Å². The Morgan fingerprint density at radius 2 is 1.62 bits per heavy atom. The average Bonchev–Trinajstić information content (AvgIpc) is 3.28. The van der Waals surface area contributed by atoms with Crippen molar-refractivity contribution < 1.29 is 27.5 Å². The summed E-state index contributed by atoms with van der Waals surface area (Å²) < 4.78 is 32.6. The van der Waals surface area contributed by atoms with E-state index in [1.54, 1.807) is 50.2 Å². The maximum Gasteiger partial charge on any atom is 0.251 e. The highest BCUT2D eigenvalue weighted by Crippen LogP contribution is 2.39. The minimum absolute atomic E-state index is 0.0607. The fraction of sp³-hybridized carbons (Fsp3) is 0.490. The Kier molecular flexibility index (Phi) is 14.5. The number of imide groups is 1. The van der Waals surface area contributed by atoms with Gasteiger partial charge in [0.2, 0.25) is 17.8 Å². The summed E-state index contributed by atoms with van der Waals surface area (Å²) >= 11 is 6.54. The standard InChI is InChI=1S/C49H62ClN9O6S/c1-30(2)65-43-25-38(32(5)24-42(43)54-49-51-26-39(50)46(56-49)52-40-8-6-7-9-44(40)66(63,64)31(3)4)34-16-22-58(23-17-34)37-18-20-57(21-19-37)27-33-28-59(29-33)36-12-10-35(11-13-36)47(61)53-41-14-15-45(60)55-48(41)62/h6-13,24-26,30-31,33-34,37,41H,14-23,27-29H2,1-5H3,(H,53,61)(H,55,60,62)(H2,51,52,54,56). The van der Waals surface area contributed by atoms with Gasteiger partial charge in [-0.2, -0.15) is 4.98 Å². The van der Waals surface area contributed by atoms with E-state index in [9.17, 15) is 22.8 Å². The predicted octanol–water partition coefficient (Wildman–Crippen LogP) is 7.21. The quantitative estimate of drug-likeness (QED) is 0.0881. The zero-order chi connectivity index (χ0) is 46.7. The van der Waals surface area contributed by atoms with Gasteiger partial charge in [0.15, 0.2) is 15.7 Å². The van der Waals surface area contributed by atoms with Crippen LogP contribution in [-0.4, -0.2) is 115 Å². The molecule has 17 heteroatoms. The first-order valence-corrected chi connectivity index (χ1v) is 25.2. The second-order valence-corrected chi connectivity index (χ2v) is 21.6. The van der Waals surface area contributed by atoms with Crippen molar-refractivity contribution in [3.8, 4) is 5.75 Å². The van der Waals surface area contributed by atoms with Crippen molar-refractivity contribution in [1.82, 2.24) is 30.4 Å². The van der Waals surface area contributed by atoms with Gasteiger partial charge in [-0.1, -0.05) is 23.7 Å². The number of halogens is 1. The number of aromatic nitrogens is 2. The van der Waals surface area contributed by atoms with Crippen molar-refractivity contribution >= 4 is 68.0 Å². The summed E-state index contributed by atoms with van der Waals surface area (Å²) in [6, 6.07) is 18.5. The molecule has 0 aliphatic carbocycles. The Balaban J connectivity index is 0.809. The van der Waals surface area contributed by atoms with Gasteiger partial charge in [0, 0.05) is 49.3 Å². The number of nitrogens with one attached hydrogen (secondary N) is 4. The van der Waals surface area contributed by atoms with Crippen LogP contribution in [0.25, 0.3) is 0 Å². The van der Waals surface area contributed by atoms with Gasteiger partial charge in [-0.05, 0) is 158 Å². The number of aryl methyl sites for hydroxylation is 1. The first-order valence-electron chi connectivity index (χ1n) is 23.3. The van der Waals surface area contributed by atoms with Gasteiger partial charge in [0.25, 0.3) is 5.91 Å². The molecular formula is C49H62ClN9O6S. The Hall–Kier alpha value is -5.29. The average molecular weight is 941 g/mol. The highest BCUT2D eigenvalue weighted by Gasteiger charge is 2.34. The number of sulfone groups is 1. The Bertz CT molecular complexity index is 2520. The zero-order valence-corrected chi connectivity index (χ0v) is 40.1. The van der Waals surface area contributed by atoms with Gasteiger partial charge in [-0.25, -0.2) is 13.4 Å². The molecular weight excluding hydrogens is 878 g/mol. The van der Waals surface area contributed by atoms with E-state index in [0.717, 1.165) is 75.8 Å². The Labute approximate surface area is 393 Å². The number of carbonyl (C=O) groups excluding carboxylic acids is 3. The zero-order valence-electron chi connectivity index (χ0n) is 38.5. The molecule has 5 heterocycles. The fourth-order valence-corrected chi connectivity index (χ4v) is 11.0. The molecule has 4 aliphatic rings. The summed E-state index contributed by atoms with van der Waals surface area (Å²) in [6.45, 7) is 16.9. The molecule has 4 aliphatic heterocycles. The van der Waals surface area contributed by atoms with Crippen LogP contribution in [0.2, 0.25) is 5.02 Å². The SMILES string of the molecule is Cc1cc(Nc2ncc(Cl)c(Nc3ccccc3S(=O)(=O)C(C)C)n2)c(OC(C)C)cc1C1CCN(C2CCN(CC3CN(c4ccc(C(=O)NC5CCC(=O)NC5=O)cc4)C3)CC2)CC1. The minimum Gasteiger partial charge on any atom is -0.489 e. The van der Waals surface area contributed by atoms with Crippen molar-refractivity contribution in [3.63, 3.8) is 0 Å². The smallest absolute Gasteiger partial charge is 0.251 e. The number of piperidine rings is 3. The van der Waals surface area contributed by atoms with E-state index in [1.165, 1.54) is 30.2 Å². The van der Waals surface area contributed by atoms with Crippen molar-refractivity contribution in [1.29, 1.82) is 0 Å². The molecule has 8 rings (SSSR count). The highest BCUT2D eigenvalue weighted by molar-refractivity contribution is 7.92. The number of hydrogen-bond donors (Lipinski definition) is 4. The van der Waals surface area contributed by atoms with Crippen LogP contribution in [0.15, 0.2) is 71.8 Å². The number of likely N-dealkylation sites (tertiary alicyclic amines) is 2. The van der Waals surface area contributed by atoms with Crippen LogP contribution in [0.4, 0.5) is 28.8 Å².